The summed E-state index contributed by atoms with van der Waals surface area (Å²) in [5.74, 6) is 1.01. The van der Waals surface area contributed by atoms with Gasteiger partial charge >= 0.3 is 0 Å². The number of sulfone groups is 1. The third kappa shape index (κ3) is 2.43. The summed E-state index contributed by atoms with van der Waals surface area (Å²) in [4.78, 5) is 0. The fourth-order valence-electron chi connectivity index (χ4n) is 2.38. The Morgan fingerprint density at radius 2 is 2.16 bits per heavy atom. The molecule has 100 valence electrons. The van der Waals surface area contributed by atoms with Gasteiger partial charge in [-0.15, -0.1) is 0 Å². The molecule has 0 spiro atoms. The van der Waals surface area contributed by atoms with E-state index in [0.29, 0.717) is 6.54 Å². The van der Waals surface area contributed by atoms with Gasteiger partial charge in [-0.25, -0.2) is 8.42 Å². The number of aryl methyl sites for hydroxylation is 1. The summed E-state index contributed by atoms with van der Waals surface area (Å²) in [5.41, 5.74) is 1.96. The number of para-hydroxylation sites is 1. The molecule has 0 fully saturated rings. The van der Waals surface area contributed by atoms with Crippen molar-refractivity contribution >= 4 is 20.8 Å². The molecule has 3 rings (SSSR count). The van der Waals surface area contributed by atoms with Crippen molar-refractivity contribution in [3.63, 3.8) is 0 Å². The van der Waals surface area contributed by atoms with Gasteiger partial charge in [0.25, 0.3) is 0 Å². The van der Waals surface area contributed by atoms with Crippen LogP contribution in [0.1, 0.15) is 11.3 Å². The number of furan rings is 1. The predicted octanol–water partition coefficient (Wildman–Crippen LogP) is 2.14. The lowest BCUT2D eigenvalue weighted by molar-refractivity contribution is 0.559. The molecule has 1 aliphatic rings. The molecule has 5 heteroatoms. The standard InChI is InChI=1S/C14H15NO3S/c1-10-13(12-4-2-3-5-14(12)18-10)8-15-11-6-7-19(16,17)9-11/h2-7,11,15H,8-9H2,1H3. The largest absolute Gasteiger partial charge is 0.461 e. The molecule has 1 aliphatic heterocycles. The van der Waals surface area contributed by atoms with Crippen LogP contribution in [0.15, 0.2) is 40.2 Å². The summed E-state index contributed by atoms with van der Waals surface area (Å²) in [5, 5.41) is 5.61. The van der Waals surface area contributed by atoms with Gasteiger partial charge in [-0.1, -0.05) is 24.3 Å². The van der Waals surface area contributed by atoms with E-state index in [4.69, 9.17) is 4.42 Å². The molecule has 19 heavy (non-hydrogen) atoms. The fourth-order valence-corrected chi connectivity index (χ4v) is 3.65. The van der Waals surface area contributed by atoms with Crippen LogP contribution in [0.4, 0.5) is 0 Å². The van der Waals surface area contributed by atoms with Gasteiger partial charge in [-0.3, -0.25) is 0 Å². The number of nitrogens with one attached hydrogen (secondary N) is 1. The number of rotatable bonds is 3. The minimum absolute atomic E-state index is 0.113. The monoisotopic (exact) mass is 277 g/mol. The summed E-state index contributed by atoms with van der Waals surface area (Å²) in [6.07, 6.45) is 1.70. The first-order valence-corrected chi connectivity index (χ1v) is 7.88. The number of fused-ring (bicyclic) bond motifs is 1. The summed E-state index contributed by atoms with van der Waals surface area (Å²) in [6, 6.07) is 7.75. The lowest BCUT2D eigenvalue weighted by Gasteiger charge is -2.09. The van der Waals surface area contributed by atoms with Crippen LogP contribution >= 0.6 is 0 Å². The molecule has 1 aromatic heterocycles. The molecule has 1 atom stereocenters. The number of hydrogen-bond acceptors (Lipinski definition) is 4. The Balaban J connectivity index is 1.79. The van der Waals surface area contributed by atoms with Crippen molar-refractivity contribution in [2.45, 2.75) is 19.5 Å². The van der Waals surface area contributed by atoms with Crippen molar-refractivity contribution in [1.29, 1.82) is 0 Å². The summed E-state index contributed by atoms with van der Waals surface area (Å²) < 4.78 is 28.4. The molecule has 0 saturated carbocycles. The molecule has 1 unspecified atom stereocenters. The van der Waals surface area contributed by atoms with Crippen LogP contribution in [0.3, 0.4) is 0 Å². The topological polar surface area (TPSA) is 59.3 Å². The minimum Gasteiger partial charge on any atom is -0.461 e. The quantitative estimate of drug-likeness (QED) is 0.933. The summed E-state index contributed by atoms with van der Waals surface area (Å²) in [7, 11) is -3.01. The predicted molar refractivity (Wildman–Crippen MR) is 74.5 cm³/mol. The van der Waals surface area contributed by atoms with E-state index in [9.17, 15) is 8.42 Å². The van der Waals surface area contributed by atoms with E-state index in [1.807, 2.05) is 31.2 Å². The highest BCUT2D eigenvalue weighted by Gasteiger charge is 2.21. The highest BCUT2D eigenvalue weighted by Crippen LogP contribution is 2.25. The number of hydrogen-bond donors (Lipinski definition) is 1. The second-order valence-electron chi connectivity index (χ2n) is 4.78. The molecule has 4 nitrogen and oxygen atoms in total. The van der Waals surface area contributed by atoms with Crippen molar-refractivity contribution < 1.29 is 12.8 Å². The second kappa shape index (κ2) is 4.51. The third-order valence-electron chi connectivity index (χ3n) is 3.37. The van der Waals surface area contributed by atoms with E-state index < -0.39 is 9.84 Å². The Morgan fingerprint density at radius 3 is 2.89 bits per heavy atom. The van der Waals surface area contributed by atoms with Gasteiger partial charge in [-0.05, 0) is 13.0 Å². The molecule has 1 N–H and O–H groups in total. The van der Waals surface area contributed by atoms with E-state index in [1.165, 1.54) is 5.41 Å². The van der Waals surface area contributed by atoms with Crippen molar-refractivity contribution in [2.24, 2.45) is 0 Å². The fraction of sp³-hybridized carbons (Fsp3) is 0.286. The summed E-state index contributed by atoms with van der Waals surface area (Å²) >= 11 is 0. The zero-order valence-electron chi connectivity index (χ0n) is 10.6. The van der Waals surface area contributed by atoms with Crippen molar-refractivity contribution in [3.05, 3.63) is 47.1 Å². The Labute approximate surface area is 112 Å². The Kier molecular flexibility index (Phi) is 2.95. The average Bonchev–Trinajstić information content (AvgIpc) is 2.86. The van der Waals surface area contributed by atoms with E-state index >= 15 is 0 Å². The van der Waals surface area contributed by atoms with E-state index in [1.54, 1.807) is 6.08 Å². The molecule has 0 aliphatic carbocycles. The zero-order valence-corrected chi connectivity index (χ0v) is 11.4. The molecule has 0 amide bonds. The number of benzene rings is 1. The zero-order chi connectivity index (χ0) is 13.5. The smallest absolute Gasteiger partial charge is 0.173 e. The first-order chi connectivity index (χ1) is 9.05. The van der Waals surface area contributed by atoms with Gasteiger partial charge in [0.1, 0.15) is 11.3 Å². The first-order valence-electron chi connectivity index (χ1n) is 6.16. The third-order valence-corrected chi connectivity index (χ3v) is 4.77. The Bertz CT molecular complexity index is 743. The maximum atomic E-state index is 11.3. The van der Waals surface area contributed by atoms with Crippen LogP contribution in [0.5, 0.6) is 0 Å². The second-order valence-corrected chi connectivity index (χ2v) is 6.71. The molecular formula is C14H15NO3S. The van der Waals surface area contributed by atoms with Gasteiger partial charge in [0.15, 0.2) is 9.84 Å². The normalized spacial score (nSPS) is 21.2. The van der Waals surface area contributed by atoms with Gasteiger partial charge in [0.05, 0.1) is 5.75 Å². The molecule has 1 aromatic carbocycles. The van der Waals surface area contributed by atoms with Gasteiger partial charge in [0, 0.05) is 28.9 Å². The maximum Gasteiger partial charge on any atom is 0.173 e. The summed E-state index contributed by atoms with van der Waals surface area (Å²) in [6.45, 7) is 2.53. The van der Waals surface area contributed by atoms with E-state index in [0.717, 1.165) is 22.3 Å². The SMILES string of the molecule is Cc1oc2ccccc2c1CNC1C=CS(=O)(=O)C1. The van der Waals surface area contributed by atoms with Crippen LogP contribution in [0.2, 0.25) is 0 Å². The van der Waals surface area contributed by atoms with Crippen LogP contribution < -0.4 is 5.32 Å². The van der Waals surface area contributed by atoms with Crippen molar-refractivity contribution in [2.75, 3.05) is 5.75 Å². The molecule has 0 radical (unpaired) electrons. The highest BCUT2D eigenvalue weighted by atomic mass is 32.2. The first kappa shape index (κ1) is 12.4. The van der Waals surface area contributed by atoms with Crippen molar-refractivity contribution in [1.82, 2.24) is 5.32 Å². The van der Waals surface area contributed by atoms with E-state index in [-0.39, 0.29) is 11.8 Å². The minimum atomic E-state index is -3.01. The molecule has 0 bridgehead atoms. The van der Waals surface area contributed by atoms with Gasteiger partial charge in [0.2, 0.25) is 0 Å². The van der Waals surface area contributed by atoms with Crippen LogP contribution in [-0.4, -0.2) is 20.2 Å². The Morgan fingerprint density at radius 1 is 1.37 bits per heavy atom. The van der Waals surface area contributed by atoms with Crippen LogP contribution in [0.25, 0.3) is 11.0 Å². The van der Waals surface area contributed by atoms with E-state index in [2.05, 4.69) is 5.32 Å². The van der Waals surface area contributed by atoms with Crippen molar-refractivity contribution in [3.8, 4) is 0 Å². The maximum absolute atomic E-state index is 11.3. The van der Waals surface area contributed by atoms with Crippen LogP contribution in [-0.2, 0) is 16.4 Å². The highest BCUT2D eigenvalue weighted by molar-refractivity contribution is 7.94. The molecule has 2 heterocycles. The lowest BCUT2D eigenvalue weighted by atomic mass is 10.1. The average molecular weight is 277 g/mol. The Hall–Kier alpha value is -1.59. The molecule has 2 aromatic rings. The van der Waals surface area contributed by atoms with Crippen LogP contribution in [0, 0.1) is 6.92 Å². The molecule has 0 saturated heterocycles. The lowest BCUT2D eigenvalue weighted by Crippen LogP contribution is -2.29. The van der Waals surface area contributed by atoms with Gasteiger partial charge in [-0.2, -0.15) is 0 Å². The van der Waals surface area contributed by atoms with Gasteiger partial charge < -0.3 is 9.73 Å². The molecular weight excluding hydrogens is 262 g/mol.